The molecular weight excluding hydrogens is 438 g/mol. The number of hydrogen-bond acceptors (Lipinski definition) is 0. The standard InChI is InChI=1S/Al.Co.Cr.Ni.8O.Ti.Zn/q+3;+2;+3;+2;8*-2;+4;+2. The van der Waals surface area contributed by atoms with Gasteiger partial charge in [0.25, 0.3) is 0 Å². The second-order valence-corrected chi connectivity index (χ2v) is 0. The Hall–Kier alpha value is 3.08. The van der Waals surface area contributed by atoms with Crippen LogP contribution < -0.4 is 0 Å². The smallest absolute Gasteiger partial charge is 2.00 e. The normalized spacial score (nSPS) is 0. The molecule has 82 valence electrons. The summed E-state index contributed by atoms with van der Waals surface area (Å²) < 4.78 is 0. The first-order valence-electron chi connectivity index (χ1n) is 0. The van der Waals surface area contributed by atoms with Crippen molar-refractivity contribution in [2.24, 2.45) is 0 Å². The number of hydrogen-bond donors (Lipinski definition) is 0. The van der Waals surface area contributed by atoms with Crippen LogP contribution in [0.1, 0.15) is 0 Å². The molecule has 0 heterocycles. The Labute approximate surface area is 151 Å². The predicted octanol–water partition coefficient (Wildman–Crippen LogP) is -1.34. The molecule has 0 aromatic rings. The maximum atomic E-state index is 0. The van der Waals surface area contributed by atoms with E-state index in [-0.39, 0.29) is 153 Å². The summed E-state index contributed by atoms with van der Waals surface area (Å²) in [5, 5.41) is 0. The van der Waals surface area contributed by atoms with Gasteiger partial charge in [-0.05, 0) is 0 Å². The van der Waals surface area contributed by atoms with E-state index in [0.717, 1.165) is 0 Å². The van der Waals surface area contributed by atoms with Crippen LogP contribution in [-0.4, -0.2) is 17.4 Å². The molecule has 0 rings (SSSR count). The summed E-state index contributed by atoms with van der Waals surface area (Å²) in [6.45, 7) is 0. The van der Waals surface area contributed by atoms with Crippen molar-refractivity contribution >= 4 is 17.4 Å². The summed E-state index contributed by atoms with van der Waals surface area (Å²) >= 11 is 0. The van der Waals surface area contributed by atoms with Crippen molar-refractivity contribution in [1.82, 2.24) is 0 Å². The fourth-order valence-electron chi connectivity index (χ4n) is 0. The topological polar surface area (TPSA) is 228 Å². The van der Waals surface area contributed by atoms with Crippen LogP contribution in [0, 0.1) is 0 Å². The summed E-state index contributed by atoms with van der Waals surface area (Å²) in [7, 11) is 0. The molecule has 0 aliphatic heterocycles. The molecule has 0 spiro atoms. The van der Waals surface area contributed by atoms with Gasteiger partial charge in [0.2, 0.25) is 0 Å². The molecule has 0 saturated heterocycles. The minimum absolute atomic E-state index is 0. The first kappa shape index (κ1) is 465. The summed E-state index contributed by atoms with van der Waals surface area (Å²) in [6.07, 6.45) is 0. The maximum absolute atomic E-state index is 0. The second kappa shape index (κ2) is 385. The molecule has 0 aromatic carbocycles. The summed E-state index contributed by atoms with van der Waals surface area (Å²) in [5.74, 6) is 0. The molecule has 2 radical (unpaired) electrons. The Morgan fingerprint density at radius 3 is 0.500 bits per heavy atom. The Morgan fingerprint density at radius 1 is 0.500 bits per heavy atom. The Kier molecular flexibility index (Phi) is 12800. The minimum atomic E-state index is 0. The molecule has 0 atom stereocenters. The molecule has 0 fully saturated rings. The largest absolute Gasteiger partial charge is 4.00 e. The molecule has 0 aromatic heterocycles. The van der Waals surface area contributed by atoms with E-state index in [1.54, 1.807) is 0 Å². The van der Waals surface area contributed by atoms with Crippen LogP contribution in [0.2, 0.25) is 0 Å². The first-order chi connectivity index (χ1) is 0. The zero-order valence-electron chi connectivity index (χ0n) is 6.11. The van der Waals surface area contributed by atoms with Crippen molar-refractivity contribution < 1.29 is 136 Å². The van der Waals surface area contributed by atoms with E-state index in [0.29, 0.717) is 0 Å². The quantitative estimate of drug-likeness (QED) is 0.400. The average Bonchev–Trinajstić information content (AvgIpc) is 0. The SMILES string of the molecule is [Al+3].[Co+2].[Cr+3].[Ni+2].[O-2].[O-2].[O-2].[O-2].[O-2].[O-2].[O-2].[O-2].[Ti+4].[Zn+2]. The minimum Gasteiger partial charge on any atom is -2.00 e. The molecular formula is AlCoCrNiO8TiZn. The fourth-order valence-corrected chi connectivity index (χ4v) is 0. The zero-order valence-corrected chi connectivity index (χ0v) is 15.1. The van der Waals surface area contributed by atoms with Crippen LogP contribution in [0.4, 0.5) is 0 Å². The van der Waals surface area contributed by atoms with Crippen molar-refractivity contribution in [3.63, 3.8) is 0 Å². The van der Waals surface area contributed by atoms with Crippen molar-refractivity contribution in [3.8, 4) is 0 Å². The third-order valence-electron chi connectivity index (χ3n) is 0. The molecule has 0 unspecified atom stereocenters. The van der Waals surface area contributed by atoms with Gasteiger partial charge in [-0.15, -0.1) is 0 Å². The first-order valence-corrected chi connectivity index (χ1v) is 0. The van der Waals surface area contributed by atoms with Crippen molar-refractivity contribution in [3.05, 3.63) is 0 Å². The van der Waals surface area contributed by atoms with E-state index < -0.39 is 0 Å². The van der Waals surface area contributed by atoms with Crippen LogP contribution in [-0.2, 0) is 136 Å². The summed E-state index contributed by atoms with van der Waals surface area (Å²) in [5.41, 5.74) is 0. The Balaban J connectivity index is 0. The van der Waals surface area contributed by atoms with Gasteiger partial charge in [0.1, 0.15) is 0 Å². The molecule has 0 saturated carbocycles. The van der Waals surface area contributed by atoms with Crippen LogP contribution in [0.15, 0.2) is 0 Å². The van der Waals surface area contributed by atoms with E-state index in [4.69, 9.17) is 0 Å². The zero-order chi connectivity index (χ0) is 0. The van der Waals surface area contributed by atoms with Gasteiger partial charge >= 0.3 is 109 Å². The molecule has 0 N–H and O–H groups in total. The van der Waals surface area contributed by atoms with Gasteiger partial charge < -0.3 is 43.8 Å². The molecule has 0 amide bonds. The van der Waals surface area contributed by atoms with Crippen molar-refractivity contribution in [1.29, 1.82) is 0 Å². The predicted molar refractivity (Wildman–Crippen MR) is 11.2 cm³/mol. The molecule has 14 heteroatoms. The van der Waals surface area contributed by atoms with Gasteiger partial charge in [-0.25, -0.2) is 0 Å². The molecule has 0 aliphatic carbocycles. The van der Waals surface area contributed by atoms with Gasteiger partial charge in [-0.1, -0.05) is 0 Å². The fraction of sp³-hybridized carbons (Fsp3) is 0. The van der Waals surface area contributed by atoms with E-state index in [1.165, 1.54) is 0 Å². The molecule has 0 aliphatic rings. The van der Waals surface area contributed by atoms with E-state index in [9.17, 15) is 0 Å². The van der Waals surface area contributed by atoms with Gasteiger partial charge in [0.15, 0.2) is 0 Å². The van der Waals surface area contributed by atoms with Crippen LogP contribution in [0.5, 0.6) is 0 Å². The average molecular weight is 438 g/mol. The Bertz CT molecular complexity index is 29.3. The molecule has 0 bridgehead atoms. The van der Waals surface area contributed by atoms with Crippen LogP contribution >= 0.6 is 0 Å². The van der Waals surface area contributed by atoms with Crippen molar-refractivity contribution in [2.75, 3.05) is 0 Å². The van der Waals surface area contributed by atoms with Crippen molar-refractivity contribution in [2.45, 2.75) is 0 Å². The molecule has 14 heavy (non-hydrogen) atoms. The number of rotatable bonds is 0. The van der Waals surface area contributed by atoms with E-state index >= 15 is 0 Å². The van der Waals surface area contributed by atoms with Gasteiger partial charge in [-0.3, -0.25) is 0 Å². The molecule has 8 nitrogen and oxygen atoms in total. The summed E-state index contributed by atoms with van der Waals surface area (Å²) in [4.78, 5) is 0. The van der Waals surface area contributed by atoms with Gasteiger partial charge in [0, 0.05) is 0 Å². The third kappa shape index (κ3) is 315. The van der Waals surface area contributed by atoms with E-state index in [1.807, 2.05) is 0 Å². The second-order valence-electron chi connectivity index (χ2n) is 0. The third-order valence-corrected chi connectivity index (χ3v) is 0. The van der Waals surface area contributed by atoms with Crippen LogP contribution in [0.3, 0.4) is 0 Å². The van der Waals surface area contributed by atoms with Crippen LogP contribution in [0.25, 0.3) is 0 Å². The van der Waals surface area contributed by atoms with E-state index in [2.05, 4.69) is 0 Å². The summed E-state index contributed by atoms with van der Waals surface area (Å²) in [6, 6.07) is 0. The monoisotopic (exact) mass is 436 g/mol. The van der Waals surface area contributed by atoms with Gasteiger partial charge in [-0.2, -0.15) is 0 Å². The maximum Gasteiger partial charge on any atom is 4.00 e. The van der Waals surface area contributed by atoms with Gasteiger partial charge in [0.05, 0.1) is 0 Å². The Morgan fingerprint density at radius 2 is 0.500 bits per heavy atom.